The van der Waals surface area contributed by atoms with Crippen LogP contribution >= 0.6 is 0 Å². The molecule has 0 amide bonds. The zero-order valence-electron chi connectivity index (χ0n) is 5.80. The summed E-state index contributed by atoms with van der Waals surface area (Å²) in [6.45, 7) is 1.05. The Kier molecular flexibility index (Phi) is 8.26. The summed E-state index contributed by atoms with van der Waals surface area (Å²) in [7, 11) is 0. The van der Waals surface area contributed by atoms with Gasteiger partial charge in [0.2, 0.25) is 5.78 Å². The molecular formula is C4H5KO3. The van der Waals surface area contributed by atoms with Gasteiger partial charge in [-0.2, -0.15) is 0 Å². The van der Waals surface area contributed by atoms with E-state index in [-0.39, 0.29) is 59.1 Å². The predicted octanol–water partition coefficient (Wildman–Crippen LogP) is -3.54. The van der Waals surface area contributed by atoms with Gasteiger partial charge >= 0.3 is 51.4 Å². The normalized spacial score (nSPS) is 6.62. The van der Waals surface area contributed by atoms with Crippen LogP contribution in [-0.2, 0) is 14.4 Å². The van der Waals surface area contributed by atoms with Crippen LogP contribution in [0.5, 0.6) is 0 Å². The topological polar surface area (TPSA) is 51.2 Å². The van der Waals surface area contributed by atoms with Crippen molar-refractivity contribution in [2.24, 2.45) is 0 Å². The SMILES string of the molecule is CC(=O)C(=O)C=O.[H-].[K+]. The van der Waals surface area contributed by atoms with E-state index in [2.05, 4.69) is 0 Å². The second-order valence-electron chi connectivity index (χ2n) is 1.04. The van der Waals surface area contributed by atoms with Gasteiger partial charge in [-0.25, -0.2) is 0 Å². The zero-order valence-corrected chi connectivity index (χ0v) is 7.93. The minimum absolute atomic E-state index is 0. The van der Waals surface area contributed by atoms with E-state index in [1.165, 1.54) is 0 Å². The molecule has 3 nitrogen and oxygen atoms in total. The molecule has 0 aliphatic rings. The van der Waals surface area contributed by atoms with Crippen LogP contribution in [0.3, 0.4) is 0 Å². The third-order valence-electron chi connectivity index (χ3n) is 0.454. The van der Waals surface area contributed by atoms with Gasteiger partial charge in [-0.05, 0) is 0 Å². The Labute approximate surface area is 90.7 Å². The average molecular weight is 140 g/mol. The predicted molar refractivity (Wildman–Crippen MR) is 22.9 cm³/mol. The fraction of sp³-hybridized carbons (Fsp3) is 0.250. The first-order chi connectivity index (χ1) is 3.18. The minimum Gasteiger partial charge on any atom is -1.00 e. The average Bonchev–Trinajstić information content (AvgIpc) is 1.65. The van der Waals surface area contributed by atoms with E-state index in [0.29, 0.717) is 0 Å². The van der Waals surface area contributed by atoms with E-state index in [4.69, 9.17) is 0 Å². The molecule has 0 aromatic carbocycles. The number of carbonyl (C=O) groups is 3. The molecule has 0 aliphatic heterocycles. The van der Waals surface area contributed by atoms with Gasteiger partial charge in [0.05, 0.1) is 0 Å². The molecule has 0 rings (SSSR count). The fourth-order valence-electron chi connectivity index (χ4n) is 0.0830. The van der Waals surface area contributed by atoms with Gasteiger partial charge in [0.1, 0.15) is 0 Å². The first-order valence-corrected chi connectivity index (χ1v) is 1.68. The summed E-state index contributed by atoms with van der Waals surface area (Å²) in [6.07, 6.45) is 0.00231. The maximum atomic E-state index is 9.79. The standard InChI is InChI=1S/C4H4O3.K.H/c1-3(6)4(7)2-5;;/h2H,1H3;;/q;+1;-1. The van der Waals surface area contributed by atoms with Gasteiger partial charge in [-0.1, -0.05) is 0 Å². The molecular weight excluding hydrogens is 135 g/mol. The molecule has 0 N–H and O–H groups in total. The monoisotopic (exact) mass is 140 g/mol. The molecule has 0 atom stereocenters. The molecule has 0 bridgehead atoms. The molecule has 0 unspecified atom stereocenters. The Bertz CT molecular complexity index is 123. The van der Waals surface area contributed by atoms with Crippen molar-refractivity contribution in [3.8, 4) is 0 Å². The van der Waals surface area contributed by atoms with Crippen LogP contribution < -0.4 is 51.4 Å². The van der Waals surface area contributed by atoms with Crippen LogP contribution in [0.2, 0.25) is 0 Å². The molecule has 8 heavy (non-hydrogen) atoms. The van der Waals surface area contributed by atoms with Gasteiger partial charge in [-0.3, -0.25) is 14.4 Å². The summed E-state index contributed by atoms with van der Waals surface area (Å²) < 4.78 is 0. The Hall–Kier alpha value is 0.646. The third kappa shape index (κ3) is 4.80. The molecule has 0 aromatic heterocycles. The van der Waals surface area contributed by atoms with E-state index < -0.39 is 11.6 Å². The number of hydrogen-bond donors (Lipinski definition) is 0. The Morgan fingerprint density at radius 2 is 1.88 bits per heavy atom. The van der Waals surface area contributed by atoms with E-state index in [0.717, 1.165) is 6.92 Å². The van der Waals surface area contributed by atoms with E-state index in [1.54, 1.807) is 0 Å². The third-order valence-corrected chi connectivity index (χ3v) is 0.454. The van der Waals surface area contributed by atoms with Crippen LogP contribution in [-0.4, -0.2) is 17.9 Å². The smallest absolute Gasteiger partial charge is 1.00 e. The van der Waals surface area contributed by atoms with Crippen molar-refractivity contribution < 1.29 is 67.2 Å². The van der Waals surface area contributed by atoms with E-state index in [9.17, 15) is 14.4 Å². The Morgan fingerprint density at radius 3 is 1.88 bits per heavy atom. The number of hydrogen-bond acceptors (Lipinski definition) is 3. The van der Waals surface area contributed by atoms with Crippen molar-refractivity contribution >= 4 is 17.9 Å². The van der Waals surface area contributed by atoms with Crippen molar-refractivity contribution in [2.45, 2.75) is 6.92 Å². The van der Waals surface area contributed by atoms with Crippen molar-refractivity contribution in [2.75, 3.05) is 0 Å². The minimum atomic E-state index is -0.972. The van der Waals surface area contributed by atoms with Crippen LogP contribution in [0.1, 0.15) is 8.35 Å². The van der Waals surface area contributed by atoms with Crippen molar-refractivity contribution in [3.05, 3.63) is 0 Å². The first kappa shape index (κ1) is 11.4. The Morgan fingerprint density at radius 1 is 1.50 bits per heavy atom. The summed E-state index contributed by atoms with van der Waals surface area (Å²) >= 11 is 0. The van der Waals surface area contributed by atoms with Crippen molar-refractivity contribution in [1.82, 2.24) is 0 Å². The number of rotatable bonds is 2. The van der Waals surface area contributed by atoms with E-state index >= 15 is 0 Å². The van der Waals surface area contributed by atoms with Crippen LogP contribution in [0.25, 0.3) is 0 Å². The largest absolute Gasteiger partial charge is 1.00 e. The van der Waals surface area contributed by atoms with Gasteiger partial charge in [-0.15, -0.1) is 0 Å². The molecule has 0 aliphatic carbocycles. The van der Waals surface area contributed by atoms with Gasteiger partial charge in [0.25, 0.3) is 5.78 Å². The summed E-state index contributed by atoms with van der Waals surface area (Å²) in [5, 5.41) is 0. The van der Waals surface area contributed by atoms with Gasteiger partial charge in [0.15, 0.2) is 6.29 Å². The van der Waals surface area contributed by atoms with Crippen molar-refractivity contribution in [1.29, 1.82) is 0 Å². The second-order valence-corrected chi connectivity index (χ2v) is 1.04. The summed E-state index contributed by atoms with van der Waals surface area (Å²) in [5.41, 5.74) is 0. The van der Waals surface area contributed by atoms with Crippen LogP contribution in [0, 0.1) is 0 Å². The molecule has 4 heteroatoms. The summed E-state index contributed by atoms with van der Waals surface area (Å²) in [4.78, 5) is 29.0. The maximum absolute atomic E-state index is 9.79. The quantitative estimate of drug-likeness (QED) is 0.173. The molecule has 0 heterocycles. The number of ketones is 2. The molecule has 0 spiro atoms. The van der Waals surface area contributed by atoms with Gasteiger partial charge < -0.3 is 1.43 Å². The van der Waals surface area contributed by atoms with Crippen LogP contribution in [0.15, 0.2) is 0 Å². The molecule has 40 valence electrons. The molecule has 0 fully saturated rings. The van der Waals surface area contributed by atoms with E-state index in [1.807, 2.05) is 0 Å². The number of aldehydes is 1. The van der Waals surface area contributed by atoms with Crippen molar-refractivity contribution in [3.63, 3.8) is 0 Å². The van der Waals surface area contributed by atoms with Gasteiger partial charge in [0, 0.05) is 6.92 Å². The second kappa shape index (κ2) is 5.78. The molecule has 0 saturated heterocycles. The number of carbonyl (C=O) groups excluding carboxylic acids is 3. The summed E-state index contributed by atoms with van der Waals surface area (Å²) in [6, 6.07) is 0. The molecule has 0 aromatic rings. The zero-order chi connectivity index (χ0) is 5.86. The van der Waals surface area contributed by atoms with Crippen LogP contribution in [0.4, 0.5) is 0 Å². The Balaban J connectivity index is -0.000000180. The maximum Gasteiger partial charge on any atom is 1.00 e. The molecule has 0 saturated carbocycles. The first-order valence-electron chi connectivity index (χ1n) is 1.68. The molecule has 0 radical (unpaired) electrons. The fourth-order valence-corrected chi connectivity index (χ4v) is 0.0830. The number of Topliss-reactive ketones (excluding diaryl/α,β-unsaturated/α-hetero) is 2. The summed E-state index contributed by atoms with van der Waals surface area (Å²) in [5.74, 6) is -1.69.